The Balaban J connectivity index is 0.000000275. The van der Waals surface area contributed by atoms with E-state index >= 15 is 0 Å². The summed E-state index contributed by atoms with van der Waals surface area (Å²) in [6, 6.07) is 40.5. The Morgan fingerprint density at radius 1 is 0.483 bits per heavy atom. The van der Waals surface area contributed by atoms with E-state index in [0.29, 0.717) is 52.5 Å². The number of anilines is 2. The van der Waals surface area contributed by atoms with Crippen LogP contribution in [0.3, 0.4) is 0 Å². The number of hydrogen-bond acceptors (Lipinski definition) is 21. The zero-order valence-electron chi connectivity index (χ0n) is 47.4. The topological polar surface area (TPSA) is 214 Å². The van der Waals surface area contributed by atoms with Crippen molar-refractivity contribution in [2.45, 2.75) is 107 Å². The molecule has 461 valence electrons. The summed E-state index contributed by atoms with van der Waals surface area (Å²) in [7, 11) is -5.85. The number of alkyl halides is 6. The molecule has 0 N–H and O–H groups in total. The van der Waals surface area contributed by atoms with E-state index in [-0.39, 0.29) is 58.3 Å². The molecule has 0 saturated carbocycles. The largest absolute Gasteiger partial charge is 2.00 e. The second-order valence-electron chi connectivity index (χ2n) is 17.7. The number of benzene rings is 6. The van der Waals surface area contributed by atoms with Gasteiger partial charge in [-0.1, -0.05) is 109 Å². The van der Waals surface area contributed by atoms with Crippen molar-refractivity contribution in [2.75, 3.05) is 36.0 Å². The second-order valence-corrected chi connectivity index (χ2v) is 23.8. The first-order valence-electron chi connectivity index (χ1n) is 26.0. The van der Waals surface area contributed by atoms with Gasteiger partial charge in [0.1, 0.15) is 0 Å². The van der Waals surface area contributed by atoms with Crippen LogP contribution >= 0.6 is 59.3 Å². The second kappa shape index (κ2) is 32.6. The van der Waals surface area contributed by atoms with Gasteiger partial charge in [0.2, 0.25) is 0 Å². The quantitative estimate of drug-likeness (QED) is 0.00803. The Hall–Kier alpha value is -6.54. The van der Waals surface area contributed by atoms with Crippen molar-refractivity contribution in [1.29, 1.82) is 0 Å². The van der Waals surface area contributed by atoms with Crippen LogP contribution in [-0.4, -0.2) is 76.4 Å². The molecule has 8 aromatic rings. The van der Waals surface area contributed by atoms with Crippen LogP contribution in [0.4, 0.5) is 72.4 Å². The summed E-state index contributed by atoms with van der Waals surface area (Å²) < 4.78 is 112. The van der Waals surface area contributed by atoms with E-state index in [2.05, 4.69) is 69.0 Å². The van der Waals surface area contributed by atoms with Crippen LogP contribution < -0.4 is 9.80 Å². The molecule has 0 bridgehead atoms. The molecule has 0 amide bonds. The first kappa shape index (κ1) is 69.6. The van der Waals surface area contributed by atoms with Crippen LogP contribution in [0.5, 0.6) is 0 Å². The fraction of sp³-hybridized carbons (Fsp3) is 0.250. The smallest absolute Gasteiger partial charge is 0.603 e. The molecule has 6 aromatic carbocycles. The van der Waals surface area contributed by atoms with Gasteiger partial charge in [0, 0.05) is 57.1 Å². The summed E-state index contributed by atoms with van der Waals surface area (Å²) in [5.74, 6) is -0.0511. The van der Waals surface area contributed by atoms with Crippen LogP contribution in [0.15, 0.2) is 194 Å². The summed E-state index contributed by atoms with van der Waals surface area (Å²) >= 11 is 5.49. The molecule has 0 spiro atoms. The van der Waals surface area contributed by atoms with Gasteiger partial charge in [-0.15, -0.1) is 38.5 Å². The third kappa shape index (κ3) is 20.8. The molecular formula is C56H54CuF6N14O4S6. The number of azo groups is 2. The average molecular weight is 1360 g/mol. The van der Waals surface area contributed by atoms with E-state index in [4.69, 9.17) is 0 Å². The Morgan fingerprint density at radius 2 is 0.816 bits per heavy atom. The molecule has 0 unspecified atom stereocenters. The number of hydrogen-bond donors (Lipinski definition) is 0. The van der Waals surface area contributed by atoms with Crippen molar-refractivity contribution in [1.82, 2.24) is 29.9 Å². The zero-order chi connectivity index (χ0) is 62.0. The third-order valence-electron chi connectivity index (χ3n) is 11.8. The van der Waals surface area contributed by atoms with Crippen molar-refractivity contribution in [3.63, 3.8) is 0 Å². The maximum atomic E-state index is 13.2. The maximum absolute atomic E-state index is 13.2. The van der Waals surface area contributed by atoms with E-state index < -0.39 is 27.6 Å². The van der Waals surface area contributed by atoms with Gasteiger partial charge in [-0.3, -0.25) is 0 Å². The molecule has 0 saturated heterocycles. The summed E-state index contributed by atoms with van der Waals surface area (Å²) in [5.41, 5.74) is -0.371. The van der Waals surface area contributed by atoms with E-state index in [1.807, 2.05) is 168 Å². The number of halogens is 6. The Morgan fingerprint density at radius 3 is 1.14 bits per heavy atom. The van der Waals surface area contributed by atoms with Crippen LogP contribution in [0.2, 0.25) is 0 Å². The van der Waals surface area contributed by atoms with Crippen molar-refractivity contribution in [3.8, 4) is 0 Å². The minimum absolute atomic E-state index is 0. The fourth-order valence-electron chi connectivity index (χ4n) is 7.40. The molecule has 18 nitrogen and oxygen atoms in total. The predicted octanol–water partition coefficient (Wildman–Crippen LogP) is 19.0. The van der Waals surface area contributed by atoms with Gasteiger partial charge in [0.15, 0.2) is 30.6 Å². The monoisotopic (exact) mass is 1360 g/mol. The molecule has 2 aromatic heterocycles. The van der Waals surface area contributed by atoms with E-state index in [9.17, 15) is 34.8 Å². The minimum atomic E-state index is -5.85. The van der Waals surface area contributed by atoms with Crippen LogP contribution in [-0.2, 0) is 36.3 Å². The third-order valence-corrected chi connectivity index (χ3v) is 17.4. The van der Waals surface area contributed by atoms with Gasteiger partial charge in [0.25, 0.3) is 11.9 Å². The van der Waals surface area contributed by atoms with Crippen molar-refractivity contribution in [3.05, 3.63) is 165 Å². The average Bonchev–Trinajstić information content (AvgIpc) is 2.65. The molecule has 8 rings (SSSR count). The molecule has 87 heavy (non-hydrogen) atoms. The summed E-state index contributed by atoms with van der Waals surface area (Å²) in [4.78, 5) is 38.0. The molecule has 0 fully saturated rings. The standard InChI is InChI=1S/2C28H27F3N7O2S3.Cu/c1-5-38(6-2)20-15-16-21(22(17-20)37-43(39,40)28(29,30)31)35-36-25-32-26(41-23-13-9-7-11-18(23)3)34-27(33-25)42-24-14-10-8-12-19(24)4;1-5-38(6-2)20-15-16-21(22(17-20)37-43-40-39-28(29,30)31)35-36-25-32-26(41-23-13-9-7-11-18(23)3)34-27(33-25)42-24-14-10-8-12-19(24)4;/h2*7-17H,5-6H2,1-4H3;/q2*-1;+2. The fourth-order valence-corrected chi connectivity index (χ4v) is 11.7. The number of rotatable bonds is 24. The summed E-state index contributed by atoms with van der Waals surface area (Å²) in [6.45, 7) is 18.1. The molecule has 0 aliphatic rings. The van der Waals surface area contributed by atoms with Crippen molar-refractivity contribution < 1.29 is 61.1 Å². The van der Waals surface area contributed by atoms with Gasteiger partial charge >= 0.3 is 28.9 Å². The van der Waals surface area contributed by atoms with E-state index in [1.165, 1.54) is 59.2 Å². The first-order chi connectivity index (χ1) is 41.0. The maximum Gasteiger partial charge on any atom is 2.00 e. The summed E-state index contributed by atoms with van der Waals surface area (Å²) in [6.07, 6.45) is -4.96. The Kier molecular flexibility index (Phi) is 26.1. The molecule has 0 aliphatic carbocycles. The first-order valence-corrected chi connectivity index (χ1v) is 31.4. The van der Waals surface area contributed by atoms with Crippen molar-refractivity contribution >= 4 is 115 Å². The zero-order valence-corrected chi connectivity index (χ0v) is 53.3. The molecule has 1 radical (unpaired) electrons. The number of aromatic nitrogens is 6. The minimum Gasteiger partial charge on any atom is -0.603 e. The van der Waals surface area contributed by atoms with Crippen LogP contribution in [0, 0.1) is 27.7 Å². The van der Waals surface area contributed by atoms with Gasteiger partial charge in [-0.25, -0.2) is 8.42 Å². The molecule has 31 heteroatoms. The van der Waals surface area contributed by atoms with Crippen LogP contribution in [0.1, 0.15) is 49.9 Å². The number of nitrogens with zero attached hydrogens (tertiary/aromatic N) is 14. The van der Waals surface area contributed by atoms with E-state index in [1.54, 1.807) is 18.2 Å². The summed E-state index contributed by atoms with van der Waals surface area (Å²) in [5, 5.41) is 18.2. The van der Waals surface area contributed by atoms with Crippen LogP contribution in [0.25, 0.3) is 9.44 Å². The van der Waals surface area contributed by atoms with Gasteiger partial charge in [-0.05, 0) is 173 Å². The van der Waals surface area contributed by atoms with Gasteiger partial charge in [-0.2, -0.15) is 47.4 Å². The predicted molar refractivity (Wildman–Crippen MR) is 326 cm³/mol. The molecule has 0 aliphatic heterocycles. The van der Waals surface area contributed by atoms with Crippen molar-refractivity contribution in [2.24, 2.45) is 20.5 Å². The number of aryl methyl sites for hydroxylation is 4. The SMILES string of the molecule is CCN(CC)c1ccc(N=Nc2nc(Sc3ccccc3C)nc(Sc3ccccc3C)n2)c([N-]S(=O)(=O)C(F)(F)F)c1.CCN(CC)c1ccc(N=Nc2nc(Sc3ccccc3C)nc(Sc3ccccc3C)n2)c([N-]SOOC(F)(F)F)c1.[Cu+2]. The van der Waals surface area contributed by atoms with E-state index in [0.717, 1.165) is 47.5 Å². The van der Waals surface area contributed by atoms with Gasteiger partial charge in [0.05, 0.1) is 11.4 Å². The molecule has 2 heterocycles. The van der Waals surface area contributed by atoms with Gasteiger partial charge < -0.3 is 19.2 Å². The normalized spacial score (nSPS) is 11.7. The Bertz CT molecular complexity index is 3650. The number of sulfonamides is 1. The molecule has 0 atom stereocenters. The molecular weight excluding hydrogens is 1300 g/mol. The Labute approximate surface area is 531 Å².